The van der Waals surface area contributed by atoms with Gasteiger partial charge in [-0.05, 0) is 107 Å². The van der Waals surface area contributed by atoms with Gasteiger partial charge in [0.15, 0.2) is 0 Å². The van der Waals surface area contributed by atoms with E-state index in [2.05, 4.69) is 4.90 Å². The Morgan fingerprint density at radius 1 is 1.00 bits per heavy atom. The number of rotatable bonds is 11. The predicted octanol–water partition coefficient (Wildman–Crippen LogP) is 4.67. The molecule has 1 aromatic carbocycles. The van der Waals surface area contributed by atoms with Crippen LogP contribution >= 0.6 is 0 Å². The Kier molecular flexibility index (Phi) is 13.4. The van der Waals surface area contributed by atoms with E-state index in [1.807, 2.05) is 18.9 Å². The number of Topliss-reactive ketones (excluding diaryl/α,β-unsaturated/α-hetero) is 1. The Hall–Kier alpha value is -1.97. The van der Waals surface area contributed by atoms with E-state index in [0.29, 0.717) is 29.7 Å². The van der Waals surface area contributed by atoms with Gasteiger partial charge in [0.25, 0.3) is 0 Å². The van der Waals surface area contributed by atoms with Crippen LogP contribution in [0.3, 0.4) is 0 Å². The second kappa shape index (κ2) is 15.7. The van der Waals surface area contributed by atoms with Crippen molar-refractivity contribution in [3.8, 4) is 5.75 Å². The lowest BCUT2D eigenvalue weighted by molar-refractivity contribution is -0.128. The van der Waals surface area contributed by atoms with Crippen LogP contribution in [0.2, 0.25) is 0 Å². The largest absolute Gasteiger partial charge is 0.497 e. The van der Waals surface area contributed by atoms with Crippen LogP contribution in [0.4, 0.5) is 0 Å². The Labute approximate surface area is 237 Å². The topological polar surface area (TPSA) is 87.2 Å². The van der Waals surface area contributed by atoms with E-state index in [1.165, 1.54) is 72.3 Å². The van der Waals surface area contributed by atoms with E-state index in [9.17, 15) is 18.0 Å². The molecular formula is C30H51N3O5S. The molecule has 0 bridgehead atoms. The average molecular weight is 566 g/mol. The van der Waals surface area contributed by atoms with Crippen LogP contribution in [0.25, 0.3) is 0 Å². The van der Waals surface area contributed by atoms with Crippen molar-refractivity contribution in [1.82, 2.24) is 14.1 Å². The molecule has 1 heterocycles. The molecule has 1 aliphatic heterocycles. The molecule has 0 unspecified atom stereocenters. The van der Waals surface area contributed by atoms with Crippen LogP contribution in [0.1, 0.15) is 76.3 Å². The molecule has 39 heavy (non-hydrogen) atoms. The molecule has 1 aliphatic carbocycles. The van der Waals surface area contributed by atoms with E-state index in [-0.39, 0.29) is 23.1 Å². The second-order valence-corrected chi connectivity index (χ2v) is 13.4. The molecule has 222 valence electrons. The average Bonchev–Trinajstić information content (AvgIpc) is 3.38. The van der Waals surface area contributed by atoms with Gasteiger partial charge in [-0.1, -0.05) is 6.92 Å². The van der Waals surface area contributed by atoms with Crippen molar-refractivity contribution >= 4 is 21.7 Å². The van der Waals surface area contributed by atoms with Crippen molar-refractivity contribution in [2.24, 2.45) is 11.8 Å². The maximum absolute atomic E-state index is 12.6. The van der Waals surface area contributed by atoms with Gasteiger partial charge in [-0.2, -0.15) is 4.31 Å². The maximum atomic E-state index is 12.6. The summed E-state index contributed by atoms with van der Waals surface area (Å²) >= 11 is 0. The first-order valence-corrected chi connectivity index (χ1v) is 15.9. The molecule has 2 fully saturated rings. The summed E-state index contributed by atoms with van der Waals surface area (Å²) in [6.07, 6.45) is 9.28. The maximum Gasteiger partial charge on any atom is 0.243 e. The summed E-state index contributed by atoms with van der Waals surface area (Å²) in [4.78, 5) is 27.7. The van der Waals surface area contributed by atoms with Crippen molar-refractivity contribution in [3.63, 3.8) is 0 Å². The van der Waals surface area contributed by atoms with Crippen molar-refractivity contribution in [3.05, 3.63) is 23.3 Å². The molecular weight excluding hydrogens is 514 g/mol. The lowest BCUT2D eigenvalue weighted by atomic mass is 9.81. The lowest BCUT2D eigenvalue weighted by Crippen LogP contribution is -2.34. The summed E-state index contributed by atoms with van der Waals surface area (Å²) in [5, 5.41) is 0. The van der Waals surface area contributed by atoms with Crippen molar-refractivity contribution in [1.29, 1.82) is 0 Å². The third kappa shape index (κ3) is 10.2. The third-order valence-corrected chi connectivity index (χ3v) is 10.1. The van der Waals surface area contributed by atoms with Crippen LogP contribution in [0.15, 0.2) is 17.0 Å². The van der Waals surface area contributed by atoms with E-state index in [0.717, 1.165) is 22.7 Å². The highest BCUT2D eigenvalue weighted by atomic mass is 32.2. The highest BCUT2D eigenvalue weighted by Gasteiger charge is 2.27. The Morgan fingerprint density at radius 3 is 2.03 bits per heavy atom. The molecule has 9 heteroatoms. The number of benzene rings is 1. The van der Waals surface area contributed by atoms with Crippen molar-refractivity contribution in [2.45, 2.75) is 84.0 Å². The van der Waals surface area contributed by atoms with Crippen molar-refractivity contribution < 1.29 is 22.7 Å². The Morgan fingerprint density at radius 2 is 1.54 bits per heavy atom. The van der Waals surface area contributed by atoms with Gasteiger partial charge in [-0.25, -0.2) is 8.42 Å². The molecule has 0 spiro atoms. The number of ether oxygens (including phenoxy) is 1. The van der Waals surface area contributed by atoms with Crippen molar-refractivity contribution in [2.75, 3.05) is 53.9 Å². The highest BCUT2D eigenvalue weighted by molar-refractivity contribution is 7.89. The van der Waals surface area contributed by atoms with Crippen LogP contribution in [0.5, 0.6) is 5.75 Å². The zero-order valence-electron chi connectivity index (χ0n) is 25.3. The number of aryl methyl sites for hydroxylation is 2. The number of hydrogen-bond donors (Lipinski definition) is 0. The minimum Gasteiger partial charge on any atom is -0.497 e. The number of methoxy groups -OCH3 is 1. The Balaban J connectivity index is 0.000000276. The van der Waals surface area contributed by atoms with Gasteiger partial charge in [0.2, 0.25) is 15.9 Å². The van der Waals surface area contributed by atoms with E-state index in [1.54, 1.807) is 32.9 Å². The van der Waals surface area contributed by atoms with Gasteiger partial charge >= 0.3 is 0 Å². The van der Waals surface area contributed by atoms with Gasteiger partial charge in [-0.3, -0.25) is 9.59 Å². The first-order valence-electron chi connectivity index (χ1n) is 14.5. The molecule has 3 rings (SSSR count). The molecule has 0 radical (unpaired) electrons. The smallest absolute Gasteiger partial charge is 0.243 e. The van der Waals surface area contributed by atoms with Gasteiger partial charge in [-0.15, -0.1) is 0 Å². The van der Waals surface area contributed by atoms with Gasteiger partial charge in [0.05, 0.1) is 18.6 Å². The number of sulfonamides is 1. The van der Waals surface area contributed by atoms with Crippen LogP contribution in [0, 0.1) is 25.7 Å². The van der Waals surface area contributed by atoms with Gasteiger partial charge in [0.1, 0.15) is 11.5 Å². The van der Waals surface area contributed by atoms with Gasteiger partial charge in [0, 0.05) is 40.5 Å². The molecule has 1 aromatic rings. The molecule has 1 saturated carbocycles. The summed E-state index contributed by atoms with van der Waals surface area (Å²) in [7, 11) is 1.22. The third-order valence-electron chi connectivity index (χ3n) is 8.02. The summed E-state index contributed by atoms with van der Waals surface area (Å²) in [5.41, 5.74) is 1.23. The summed E-state index contributed by atoms with van der Waals surface area (Å²) in [6.45, 7) is 11.9. The van der Waals surface area contributed by atoms with E-state index < -0.39 is 10.0 Å². The predicted molar refractivity (Wildman–Crippen MR) is 157 cm³/mol. The lowest BCUT2D eigenvalue weighted by Gasteiger charge is -2.32. The number of likely N-dealkylation sites (N-methyl/N-ethyl adjacent to an activating group) is 1. The fourth-order valence-corrected chi connectivity index (χ4v) is 7.28. The fourth-order valence-electron chi connectivity index (χ4n) is 5.73. The molecule has 0 atom stereocenters. The molecule has 1 saturated heterocycles. The fraction of sp³-hybridized carbons (Fsp3) is 0.733. The number of hydrogen-bond acceptors (Lipinski definition) is 6. The normalized spacial score (nSPS) is 19.9. The first kappa shape index (κ1) is 33.2. The van der Waals surface area contributed by atoms with E-state index in [4.69, 9.17) is 4.74 Å². The number of ketones is 1. The molecule has 0 N–H and O–H groups in total. The highest BCUT2D eigenvalue weighted by Crippen LogP contribution is 2.31. The molecule has 1 amide bonds. The SMILES string of the molecule is CC(=O)N(C)CC1CCC(CN2CCCC2)CC1.CCCC(=O)CN(C)S(=O)(=O)c1c(C)cc(OC)cc1C. The van der Waals surface area contributed by atoms with Crippen LogP contribution in [-0.4, -0.2) is 88.1 Å². The second-order valence-electron chi connectivity index (χ2n) is 11.4. The number of amides is 1. The summed E-state index contributed by atoms with van der Waals surface area (Å²) in [6, 6.07) is 3.36. The van der Waals surface area contributed by atoms with Crippen LogP contribution in [-0.2, 0) is 19.6 Å². The Bertz CT molecular complexity index is 1020. The van der Waals surface area contributed by atoms with Crippen LogP contribution < -0.4 is 4.74 Å². The molecule has 0 aromatic heterocycles. The standard InChI is InChI=1S/C15H28N2O.C15H23NO4S/c1-13(18)16(2)11-14-5-7-15(8-6-14)12-17-9-3-4-10-17;1-6-7-13(17)10-16(4)21(18,19)15-11(2)8-14(20-5)9-12(15)3/h14-15H,3-12H2,1-2H3;8-9H,6-7,10H2,1-5H3. The van der Waals surface area contributed by atoms with Gasteiger partial charge < -0.3 is 14.5 Å². The number of likely N-dealkylation sites (tertiary alicyclic amines) is 1. The zero-order valence-corrected chi connectivity index (χ0v) is 26.1. The van der Waals surface area contributed by atoms with E-state index >= 15 is 0 Å². The minimum absolute atomic E-state index is 0.0765. The number of carbonyl (C=O) groups excluding carboxylic acids is 2. The minimum atomic E-state index is -3.68. The number of nitrogens with zero attached hydrogens (tertiary/aromatic N) is 3. The monoisotopic (exact) mass is 565 g/mol. The zero-order chi connectivity index (χ0) is 29.2. The summed E-state index contributed by atoms with van der Waals surface area (Å²) < 4.78 is 31.5. The summed E-state index contributed by atoms with van der Waals surface area (Å²) in [5.74, 6) is 2.41. The quantitative estimate of drug-likeness (QED) is 0.388. The number of carbonyl (C=O) groups is 2. The molecule has 2 aliphatic rings. The first-order chi connectivity index (χ1) is 18.4. The molecule has 8 nitrogen and oxygen atoms in total.